The van der Waals surface area contributed by atoms with Crippen LogP contribution in [-0.4, -0.2) is 63.8 Å². The van der Waals surface area contributed by atoms with Crippen molar-refractivity contribution in [1.29, 1.82) is 0 Å². The Labute approximate surface area is 181 Å². The Morgan fingerprint density at radius 3 is 2.70 bits per heavy atom. The maximum absolute atomic E-state index is 12.1. The van der Waals surface area contributed by atoms with Crippen molar-refractivity contribution in [3.63, 3.8) is 0 Å². The molecule has 0 heterocycles. The first-order valence-electron chi connectivity index (χ1n) is 10.9. The standard InChI is InChI=1S/C23H38N4O3/c1-17-10-11-19(21(14-17)30-13-12-29-5)15-24-23(25-16-22(28)27(3)4)26-20-9-7-6-8-18(20)2/h10-11,14,18,20H,6-9,12-13,15-16H2,1-5H3,(H2,24,25,26). The molecule has 1 amide bonds. The molecule has 1 aliphatic rings. The molecule has 2 unspecified atom stereocenters. The zero-order chi connectivity index (χ0) is 21.9. The van der Waals surface area contributed by atoms with Crippen molar-refractivity contribution in [1.82, 2.24) is 15.5 Å². The molecular weight excluding hydrogens is 380 g/mol. The van der Waals surface area contributed by atoms with E-state index in [2.05, 4.69) is 23.6 Å². The molecule has 0 aromatic heterocycles. The van der Waals surface area contributed by atoms with Crippen LogP contribution in [0.15, 0.2) is 23.2 Å². The van der Waals surface area contributed by atoms with Crippen LogP contribution in [0.3, 0.4) is 0 Å². The minimum Gasteiger partial charge on any atom is -0.491 e. The zero-order valence-corrected chi connectivity index (χ0v) is 19.2. The van der Waals surface area contributed by atoms with E-state index in [-0.39, 0.29) is 12.5 Å². The number of carbonyl (C=O) groups excluding carboxylic acids is 1. The van der Waals surface area contributed by atoms with Crippen molar-refractivity contribution in [3.8, 4) is 5.75 Å². The van der Waals surface area contributed by atoms with Gasteiger partial charge in [-0.2, -0.15) is 0 Å². The van der Waals surface area contributed by atoms with Gasteiger partial charge in [0.05, 0.1) is 19.7 Å². The monoisotopic (exact) mass is 418 g/mol. The first kappa shape index (κ1) is 24.0. The van der Waals surface area contributed by atoms with E-state index < -0.39 is 0 Å². The Bertz CT molecular complexity index is 706. The summed E-state index contributed by atoms with van der Waals surface area (Å²) >= 11 is 0. The summed E-state index contributed by atoms with van der Waals surface area (Å²) in [4.78, 5) is 18.4. The van der Waals surface area contributed by atoms with Crippen LogP contribution in [0, 0.1) is 12.8 Å². The van der Waals surface area contributed by atoms with Crippen LogP contribution in [0.1, 0.15) is 43.7 Å². The summed E-state index contributed by atoms with van der Waals surface area (Å²) in [5.74, 6) is 2.10. The topological polar surface area (TPSA) is 75.2 Å². The van der Waals surface area contributed by atoms with E-state index in [1.54, 1.807) is 26.1 Å². The molecule has 1 aliphatic carbocycles. The van der Waals surface area contributed by atoms with Crippen molar-refractivity contribution in [2.75, 3.05) is 41.0 Å². The predicted octanol–water partition coefficient (Wildman–Crippen LogP) is 2.72. The van der Waals surface area contributed by atoms with Gasteiger partial charge in [-0.15, -0.1) is 0 Å². The van der Waals surface area contributed by atoms with Crippen LogP contribution in [-0.2, 0) is 16.1 Å². The van der Waals surface area contributed by atoms with Gasteiger partial charge in [-0.05, 0) is 37.3 Å². The fourth-order valence-corrected chi connectivity index (χ4v) is 3.50. The van der Waals surface area contributed by atoms with Gasteiger partial charge in [-0.1, -0.05) is 31.9 Å². The van der Waals surface area contributed by atoms with E-state index in [0.717, 1.165) is 23.3 Å². The molecule has 1 saturated carbocycles. The highest BCUT2D eigenvalue weighted by Crippen LogP contribution is 2.24. The molecule has 0 saturated heterocycles. The Morgan fingerprint density at radius 1 is 1.23 bits per heavy atom. The third kappa shape index (κ3) is 7.86. The second-order valence-electron chi connectivity index (χ2n) is 8.27. The highest BCUT2D eigenvalue weighted by atomic mass is 16.5. The smallest absolute Gasteiger partial charge is 0.241 e. The lowest BCUT2D eigenvalue weighted by atomic mass is 9.86. The molecule has 2 N–H and O–H groups in total. The molecule has 1 fully saturated rings. The molecule has 1 aromatic carbocycles. The van der Waals surface area contributed by atoms with Gasteiger partial charge in [0.15, 0.2) is 5.96 Å². The van der Waals surface area contributed by atoms with Crippen LogP contribution in [0.4, 0.5) is 0 Å². The summed E-state index contributed by atoms with van der Waals surface area (Å²) in [6, 6.07) is 6.51. The maximum Gasteiger partial charge on any atom is 0.241 e. The number of carbonyl (C=O) groups is 1. The molecule has 0 radical (unpaired) electrons. The molecule has 2 rings (SSSR count). The molecular formula is C23H38N4O3. The molecule has 0 spiro atoms. The van der Waals surface area contributed by atoms with Crippen LogP contribution >= 0.6 is 0 Å². The largest absolute Gasteiger partial charge is 0.491 e. The number of nitrogens with one attached hydrogen (secondary N) is 2. The third-order valence-corrected chi connectivity index (χ3v) is 5.51. The molecule has 168 valence electrons. The number of ether oxygens (including phenoxy) is 2. The Hall–Kier alpha value is -2.28. The minimum absolute atomic E-state index is 0.0140. The lowest BCUT2D eigenvalue weighted by Gasteiger charge is -2.31. The third-order valence-electron chi connectivity index (χ3n) is 5.51. The van der Waals surface area contributed by atoms with E-state index in [4.69, 9.17) is 14.5 Å². The van der Waals surface area contributed by atoms with E-state index in [1.807, 2.05) is 19.1 Å². The normalized spacial score (nSPS) is 19.3. The molecule has 1 aromatic rings. The average molecular weight is 419 g/mol. The molecule has 0 aliphatic heterocycles. The number of nitrogens with zero attached hydrogens (tertiary/aromatic N) is 2. The Morgan fingerprint density at radius 2 is 2.00 bits per heavy atom. The van der Waals surface area contributed by atoms with Crippen molar-refractivity contribution >= 4 is 11.9 Å². The van der Waals surface area contributed by atoms with Crippen molar-refractivity contribution in [3.05, 3.63) is 29.3 Å². The van der Waals surface area contributed by atoms with Gasteiger partial charge in [0.2, 0.25) is 5.91 Å². The zero-order valence-electron chi connectivity index (χ0n) is 19.2. The number of hydrogen-bond acceptors (Lipinski definition) is 4. The lowest BCUT2D eigenvalue weighted by molar-refractivity contribution is -0.127. The number of methoxy groups -OCH3 is 1. The number of aryl methyl sites for hydroxylation is 1. The molecule has 7 nitrogen and oxygen atoms in total. The van der Waals surface area contributed by atoms with Gasteiger partial charge in [-0.25, -0.2) is 4.99 Å². The van der Waals surface area contributed by atoms with Gasteiger partial charge in [0.1, 0.15) is 12.4 Å². The number of benzene rings is 1. The van der Waals surface area contributed by atoms with Crippen molar-refractivity contribution < 1.29 is 14.3 Å². The van der Waals surface area contributed by atoms with Crippen LogP contribution in [0.5, 0.6) is 5.75 Å². The quantitative estimate of drug-likeness (QED) is 0.366. The lowest BCUT2D eigenvalue weighted by Crippen LogP contribution is -2.49. The number of likely N-dealkylation sites (N-methyl/N-ethyl adjacent to an activating group) is 1. The Kier molecular flexibility index (Phi) is 9.94. The summed E-state index contributed by atoms with van der Waals surface area (Å²) in [5.41, 5.74) is 2.15. The fourth-order valence-electron chi connectivity index (χ4n) is 3.50. The maximum atomic E-state index is 12.1. The highest BCUT2D eigenvalue weighted by Gasteiger charge is 2.22. The number of amides is 1. The number of guanidine groups is 1. The van der Waals surface area contributed by atoms with Gasteiger partial charge >= 0.3 is 0 Å². The summed E-state index contributed by atoms with van der Waals surface area (Å²) in [7, 11) is 5.18. The second kappa shape index (κ2) is 12.4. The SMILES string of the molecule is COCCOc1cc(C)ccc1CN=C(NCC(=O)N(C)C)NC1CCCCC1C. The predicted molar refractivity (Wildman–Crippen MR) is 121 cm³/mol. The number of aliphatic imine (C=N–C) groups is 1. The van der Waals surface area contributed by atoms with Crippen molar-refractivity contribution in [2.45, 2.75) is 52.1 Å². The van der Waals surface area contributed by atoms with E-state index in [9.17, 15) is 4.79 Å². The van der Waals surface area contributed by atoms with Crippen LogP contribution < -0.4 is 15.4 Å². The van der Waals surface area contributed by atoms with Crippen LogP contribution in [0.25, 0.3) is 0 Å². The minimum atomic E-state index is 0.0140. The Balaban J connectivity index is 2.13. The average Bonchev–Trinajstić information content (AvgIpc) is 2.72. The molecule has 2 atom stereocenters. The van der Waals surface area contributed by atoms with E-state index in [1.165, 1.54) is 19.3 Å². The van der Waals surface area contributed by atoms with E-state index in [0.29, 0.717) is 37.7 Å². The summed E-state index contributed by atoms with van der Waals surface area (Å²) in [6.45, 7) is 6.04. The first-order chi connectivity index (χ1) is 14.4. The van der Waals surface area contributed by atoms with Crippen LogP contribution in [0.2, 0.25) is 0 Å². The number of hydrogen-bond donors (Lipinski definition) is 2. The molecule has 7 heteroatoms. The fraction of sp³-hybridized carbons (Fsp3) is 0.652. The van der Waals surface area contributed by atoms with E-state index >= 15 is 0 Å². The van der Waals surface area contributed by atoms with Gasteiger partial charge in [-0.3, -0.25) is 4.79 Å². The second-order valence-corrected chi connectivity index (χ2v) is 8.27. The molecule has 0 bridgehead atoms. The number of rotatable bonds is 9. The summed E-state index contributed by atoms with van der Waals surface area (Å²) < 4.78 is 11.0. The highest BCUT2D eigenvalue weighted by molar-refractivity contribution is 5.86. The van der Waals surface area contributed by atoms with Crippen molar-refractivity contribution in [2.24, 2.45) is 10.9 Å². The summed E-state index contributed by atoms with van der Waals surface area (Å²) in [6.07, 6.45) is 4.85. The van der Waals surface area contributed by atoms with Gasteiger partial charge in [0, 0.05) is 32.8 Å². The van der Waals surface area contributed by atoms with Gasteiger partial charge in [0.25, 0.3) is 0 Å². The summed E-state index contributed by atoms with van der Waals surface area (Å²) in [5, 5.41) is 6.77. The van der Waals surface area contributed by atoms with Gasteiger partial charge < -0.3 is 25.0 Å². The molecule has 30 heavy (non-hydrogen) atoms. The first-order valence-corrected chi connectivity index (χ1v) is 10.9.